The summed E-state index contributed by atoms with van der Waals surface area (Å²) < 4.78 is 5.30. The fourth-order valence-electron chi connectivity index (χ4n) is 4.59. The summed E-state index contributed by atoms with van der Waals surface area (Å²) in [6.45, 7) is -0.0576. The number of ether oxygens (including phenoxy) is 1. The predicted molar refractivity (Wildman–Crippen MR) is 112 cm³/mol. The molecule has 0 unspecified atom stereocenters. The minimum atomic E-state index is -1.03. The highest BCUT2D eigenvalue weighted by molar-refractivity contribution is 6.29. The molecule has 1 saturated carbocycles. The fourth-order valence-corrected chi connectivity index (χ4v) is 4.59. The molecule has 1 saturated heterocycles. The molecule has 3 aliphatic rings. The molecule has 0 N–H and O–H groups in total. The highest BCUT2D eigenvalue weighted by atomic mass is 16.5. The molecule has 4 amide bonds. The SMILES string of the molecule is COCN1C(=O)N(C(=O)c2ccccc2)C(=O)C2(CC=CC2)C1=NC1CCCCC1. The number of imide groups is 3. The average Bonchev–Trinajstić information content (AvgIpc) is 3.27. The van der Waals surface area contributed by atoms with Crippen molar-refractivity contribution in [1.82, 2.24) is 9.80 Å². The molecule has 2 fully saturated rings. The smallest absolute Gasteiger partial charge is 0.341 e. The first-order chi connectivity index (χ1) is 14.6. The van der Waals surface area contributed by atoms with Crippen LogP contribution in [0.25, 0.3) is 0 Å². The van der Waals surface area contributed by atoms with Crippen molar-refractivity contribution in [1.29, 1.82) is 0 Å². The Hall–Kier alpha value is -2.80. The lowest BCUT2D eigenvalue weighted by Crippen LogP contribution is -2.66. The number of carbonyl (C=O) groups excluding carboxylic acids is 3. The number of amidine groups is 1. The molecule has 2 aliphatic carbocycles. The van der Waals surface area contributed by atoms with Crippen LogP contribution in [0.2, 0.25) is 0 Å². The first-order valence-electron chi connectivity index (χ1n) is 10.6. The van der Waals surface area contributed by atoms with Gasteiger partial charge in [-0.1, -0.05) is 49.6 Å². The Morgan fingerprint density at radius 3 is 2.40 bits per heavy atom. The van der Waals surface area contributed by atoms with Gasteiger partial charge in [-0.2, -0.15) is 4.90 Å². The lowest BCUT2D eigenvalue weighted by molar-refractivity contribution is -0.135. The van der Waals surface area contributed by atoms with Gasteiger partial charge < -0.3 is 4.74 Å². The van der Waals surface area contributed by atoms with E-state index in [9.17, 15) is 14.4 Å². The van der Waals surface area contributed by atoms with E-state index < -0.39 is 23.3 Å². The molecule has 1 aliphatic heterocycles. The molecule has 1 heterocycles. The third-order valence-electron chi connectivity index (χ3n) is 6.18. The predicted octanol–water partition coefficient (Wildman–Crippen LogP) is 3.76. The van der Waals surface area contributed by atoms with Crippen molar-refractivity contribution >= 4 is 23.7 Å². The number of hydrogen-bond acceptors (Lipinski definition) is 5. The maximum Gasteiger partial charge on any atom is 0.341 e. The molecule has 30 heavy (non-hydrogen) atoms. The summed E-state index contributed by atoms with van der Waals surface area (Å²) in [5, 5.41) is 0. The van der Waals surface area contributed by atoms with E-state index in [0.29, 0.717) is 24.2 Å². The summed E-state index contributed by atoms with van der Waals surface area (Å²) in [4.78, 5) is 47.3. The van der Waals surface area contributed by atoms with Gasteiger partial charge in [0.2, 0.25) is 0 Å². The van der Waals surface area contributed by atoms with Gasteiger partial charge in [-0.25, -0.2) is 4.79 Å². The van der Waals surface area contributed by atoms with Crippen LogP contribution < -0.4 is 0 Å². The number of aliphatic imine (C=N–C) groups is 1. The largest absolute Gasteiger partial charge is 0.364 e. The topological polar surface area (TPSA) is 79.3 Å². The fraction of sp³-hybridized carbons (Fsp3) is 0.478. The Labute approximate surface area is 176 Å². The number of hydrogen-bond donors (Lipinski definition) is 0. The van der Waals surface area contributed by atoms with E-state index in [2.05, 4.69) is 0 Å². The molecule has 1 spiro atoms. The Morgan fingerprint density at radius 1 is 1.10 bits per heavy atom. The Kier molecular flexibility index (Phi) is 5.81. The van der Waals surface area contributed by atoms with E-state index in [1.54, 1.807) is 30.3 Å². The molecule has 0 radical (unpaired) electrons. The summed E-state index contributed by atoms with van der Waals surface area (Å²) in [6, 6.07) is 7.81. The van der Waals surface area contributed by atoms with Crippen LogP contribution in [0.1, 0.15) is 55.3 Å². The zero-order chi connectivity index (χ0) is 21.1. The van der Waals surface area contributed by atoms with Gasteiger partial charge in [-0.3, -0.25) is 19.5 Å². The molecule has 0 atom stereocenters. The molecular weight excluding hydrogens is 382 g/mol. The molecular formula is C23H27N3O4. The Balaban J connectivity index is 1.77. The Morgan fingerprint density at radius 2 is 1.77 bits per heavy atom. The van der Waals surface area contributed by atoms with Crippen LogP contribution in [0.4, 0.5) is 4.79 Å². The van der Waals surface area contributed by atoms with Crippen molar-refractivity contribution in [2.45, 2.75) is 51.0 Å². The molecule has 0 bridgehead atoms. The van der Waals surface area contributed by atoms with Crippen molar-refractivity contribution in [3.63, 3.8) is 0 Å². The van der Waals surface area contributed by atoms with Gasteiger partial charge in [0.15, 0.2) is 0 Å². The third-order valence-corrected chi connectivity index (χ3v) is 6.18. The lowest BCUT2D eigenvalue weighted by Gasteiger charge is -2.44. The molecule has 0 aromatic heterocycles. The number of allylic oxidation sites excluding steroid dienone is 2. The highest BCUT2D eigenvalue weighted by Gasteiger charge is 2.57. The zero-order valence-corrected chi connectivity index (χ0v) is 17.3. The van der Waals surface area contributed by atoms with Crippen molar-refractivity contribution in [3.05, 3.63) is 48.0 Å². The second-order valence-corrected chi connectivity index (χ2v) is 8.15. The molecule has 4 rings (SSSR count). The van der Waals surface area contributed by atoms with Crippen LogP contribution in [-0.2, 0) is 9.53 Å². The number of urea groups is 1. The molecule has 1 aromatic rings. The van der Waals surface area contributed by atoms with Crippen LogP contribution in [0, 0.1) is 5.41 Å². The van der Waals surface area contributed by atoms with E-state index in [0.717, 1.165) is 30.6 Å². The van der Waals surface area contributed by atoms with Crippen LogP contribution in [0.3, 0.4) is 0 Å². The first-order valence-corrected chi connectivity index (χ1v) is 10.6. The second-order valence-electron chi connectivity index (χ2n) is 8.15. The number of nitrogens with zero attached hydrogens (tertiary/aromatic N) is 3. The molecule has 7 nitrogen and oxygen atoms in total. The van der Waals surface area contributed by atoms with Crippen molar-refractivity contribution in [2.75, 3.05) is 13.8 Å². The van der Waals surface area contributed by atoms with Gasteiger partial charge in [0.25, 0.3) is 11.8 Å². The van der Waals surface area contributed by atoms with Crippen LogP contribution >= 0.6 is 0 Å². The summed E-state index contributed by atoms with van der Waals surface area (Å²) >= 11 is 0. The summed E-state index contributed by atoms with van der Waals surface area (Å²) in [5.41, 5.74) is -0.737. The van der Waals surface area contributed by atoms with Gasteiger partial charge in [-0.05, 0) is 37.8 Å². The lowest BCUT2D eigenvalue weighted by atomic mass is 9.79. The average molecular weight is 409 g/mol. The van der Waals surface area contributed by atoms with Crippen LogP contribution in [0.15, 0.2) is 47.5 Å². The third kappa shape index (κ3) is 3.47. The van der Waals surface area contributed by atoms with Crippen LogP contribution in [-0.4, -0.2) is 53.4 Å². The number of carbonyl (C=O) groups is 3. The van der Waals surface area contributed by atoms with E-state index in [-0.39, 0.29) is 12.8 Å². The van der Waals surface area contributed by atoms with Crippen molar-refractivity contribution in [3.8, 4) is 0 Å². The maximum atomic E-state index is 13.7. The number of amides is 4. The molecule has 1 aromatic carbocycles. The maximum absolute atomic E-state index is 13.7. The van der Waals surface area contributed by atoms with E-state index in [1.807, 2.05) is 12.2 Å². The van der Waals surface area contributed by atoms with E-state index in [4.69, 9.17) is 9.73 Å². The monoisotopic (exact) mass is 409 g/mol. The summed E-state index contributed by atoms with van der Waals surface area (Å²) in [7, 11) is 1.49. The summed E-state index contributed by atoms with van der Waals surface area (Å²) in [6.07, 6.45) is 9.97. The molecule has 158 valence electrons. The first kappa shape index (κ1) is 20.5. The minimum absolute atomic E-state index is 0.0576. The molecule has 7 heteroatoms. The number of benzene rings is 1. The highest BCUT2D eigenvalue weighted by Crippen LogP contribution is 2.42. The zero-order valence-electron chi connectivity index (χ0n) is 17.3. The van der Waals surface area contributed by atoms with Crippen molar-refractivity contribution < 1.29 is 19.1 Å². The number of methoxy groups -OCH3 is 1. The van der Waals surface area contributed by atoms with Gasteiger partial charge in [0.05, 0.1) is 6.04 Å². The number of rotatable bonds is 4. The van der Waals surface area contributed by atoms with Gasteiger partial charge in [0, 0.05) is 12.7 Å². The quantitative estimate of drug-likeness (QED) is 0.560. The van der Waals surface area contributed by atoms with Gasteiger partial charge in [-0.15, -0.1) is 0 Å². The van der Waals surface area contributed by atoms with E-state index >= 15 is 0 Å². The van der Waals surface area contributed by atoms with E-state index in [1.165, 1.54) is 18.4 Å². The second kappa shape index (κ2) is 8.52. The van der Waals surface area contributed by atoms with Crippen molar-refractivity contribution in [2.24, 2.45) is 10.4 Å². The Bertz CT molecular complexity index is 879. The normalized spacial score (nSPS) is 23.0. The summed E-state index contributed by atoms with van der Waals surface area (Å²) in [5.74, 6) is -0.656. The minimum Gasteiger partial charge on any atom is -0.364 e. The van der Waals surface area contributed by atoms with Gasteiger partial charge >= 0.3 is 6.03 Å². The van der Waals surface area contributed by atoms with Gasteiger partial charge in [0.1, 0.15) is 18.0 Å². The van der Waals surface area contributed by atoms with Crippen LogP contribution in [0.5, 0.6) is 0 Å². The standard InChI is InChI=1S/C23H27N3O4/c1-30-16-25-20(24-18-12-6-3-7-13-18)23(14-8-9-15-23)21(28)26(22(25)29)19(27)17-10-4-2-5-11-17/h2,4-5,8-11,18H,3,6-7,12-16H2,1H3.